The van der Waals surface area contributed by atoms with E-state index in [0.717, 1.165) is 5.56 Å². The van der Waals surface area contributed by atoms with Crippen LogP contribution in [0.15, 0.2) is 40.9 Å². The number of ether oxygens (including phenoxy) is 2. The number of halogens is 1. The van der Waals surface area contributed by atoms with Gasteiger partial charge in [0.2, 0.25) is 0 Å². The summed E-state index contributed by atoms with van der Waals surface area (Å²) in [6, 6.07) is 10.7. The summed E-state index contributed by atoms with van der Waals surface area (Å²) in [5.74, 6) is 0.468. The largest absolute Gasteiger partial charge is 0.493 e. The van der Waals surface area contributed by atoms with Crippen LogP contribution in [0.25, 0.3) is 0 Å². The van der Waals surface area contributed by atoms with Crippen molar-refractivity contribution < 1.29 is 19.1 Å². The molecule has 2 aromatic rings. The highest BCUT2D eigenvalue weighted by atomic mass is 79.9. The molecule has 0 aliphatic heterocycles. The van der Waals surface area contributed by atoms with Gasteiger partial charge in [-0.15, -0.1) is 0 Å². The third kappa shape index (κ3) is 4.35. The van der Waals surface area contributed by atoms with Gasteiger partial charge in [-0.2, -0.15) is 0 Å². The van der Waals surface area contributed by atoms with Crippen molar-refractivity contribution in [1.29, 1.82) is 0 Å². The highest BCUT2D eigenvalue weighted by Crippen LogP contribution is 2.33. The van der Waals surface area contributed by atoms with Crippen LogP contribution in [0, 0.1) is 6.92 Å². The minimum Gasteiger partial charge on any atom is -0.493 e. The van der Waals surface area contributed by atoms with Crippen molar-refractivity contribution >= 4 is 33.8 Å². The highest BCUT2D eigenvalue weighted by Gasteiger charge is 2.18. The normalized spacial score (nSPS) is 11.5. The van der Waals surface area contributed by atoms with Gasteiger partial charge < -0.3 is 14.8 Å². The average molecular weight is 392 g/mol. The molecule has 0 heterocycles. The number of methoxy groups -OCH3 is 1. The van der Waals surface area contributed by atoms with Crippen molar-refractivity contribution in [2.24, 2.45) is 0 Å². The molecule has 0 aromatic heterocycles. The molecule has 0 fully saturated rings. The number of carbonyl (C=O) groups is 2. The van der Waals surface area contributed by atoms with Crippen LogP contribution in [0.4, 0.5) is 5.69 Å². The molecule has 0 spiro atoms. The van der Waals surface area contributed by atoms with E-state index in [0.29, 0.717) is 33.5 Å². The first-order chi connectivity index (χ1) is 11.4. The molecule has 0 saturated carbocycles. The smallest absolute Gasteiger partial charge is 0.265 e. The summed E-state index contributed by atoms with van der Waals surface area (Å²) < 4.78 is 11.5. The third-order valence-corrected chi connectivity index (χ3v) is 4.06. The van der Waals surface area contributed by atoms with E-state index in [1.165, 1.54) is 13.2 Å². The van der Waals surface area contributed by atoms with Crippen molar-refractivity contribution in [3.63, 3.8) is 0 Å². The predicted molar refractivity (Wildman–Crippen MR) is 96.0 cm³/mol. The number of hydrogen-bond donors (Lipinski definition) is 1. The first kappa shape index (κ1) is 18.0. The summed E-state index contributed by atoms with van der Waals surface area (Å²) in [6.07, 6.45) is -0.0616. The molecule has 126 valence electrons. The summed E-state index contributed by atoms with van der Waals surface area (Å²) in [5, 5.41) is 2.80. The Morgan fingerprint density at radius 2 is 2.00 bits per heavy atom. The van der Waals surface area contributed by atoms with Crippen LogP contribution in [0.2, 0.25) is 0 Å². The minimum absolute atomic E-state index is 0.293. The van der Waals surface area contributed by atoms with Gasteiger partial charge in [0.1, 0.15) is 0 Å². The number of rotatable bonds is 6. The molecule has 6 heteroatoms. The Bertz CT molecular complexity index is 761. The van der Waals surface area contributed by atoms with E-state index in [1.807, 2.05) is 31.2 Å². The predicted octanol–water partition coefficient (Wildman–Crippen LogP) is 3.98. The second-order valence-electron chi connectivity index (χ2n) is 5.26. The van der Waals surface area contributed by atoms with Gasteiger partial charge in [0.25, 0.3) is 5.91 Å². The Labute approximate surface area is 149 Å². The molecule has 0 bridgehead atoms. The summed E-state index contributed by atoms with van der Waals surface area (Å²) in [7, 11) is 1.49. The van der Waals surface area contributed by atoms with Crippen molar-refractivity contribution in [3.8, 4) is 11.5 Å². The molecule has 0 radical (unpaired) electrons. The van der Waals surface area contributed by atoms with Crippen molar-refractivity contribution in [2.75, 3.05) is 12.4 Å². The molecule has 5 nitrogen and oxygen atoms in total. The maximum absolute atomic E-state index is 12.3. The van der Waals surface area contributed by atoms with Gasteiger partial charge in [0.05, 0.1) is 7.11 Å². The lowest BCUT2D eigenvalue weighted by Crippen LogP contribution is -2.30. The number of benzene rings is 2. The lowest BCUT2D eigenvalue weighted by molar-refractivity contribution is -0.122. The number of amides is 1. The zero-order valence-electron chi connectivity index (χ0n) is 13.6. The van der Waals surface area contributed by atoms with Gasteiger partial charge in [-0.25, -0.2) is 0 Å². The Kier molecular flexibility index (Phi) is 5.98. The first-order valence-corrected chi connectivity index (χ1v) is 8.10. The first-order valence-electron chi connectivity index (χ1n) is 7.31. The standard InChI is InChI=1S/C18H18BrNO4/c1-11-5-4-6-14(7-11)20-18(22)12(2)24-17-8-13(10-21)15(19)9-16(17)23-3/h4-10,12H,1-3H3,(H,20,22)/t12-/m1/s1. The van der Waals surface area contributed by atoms with E-state index in [-0.39, 0.29) is 5.91 Å². The van der Waals surface area contributed by atoms with Gasteiger partial charge in [0.15, 0.2) is 23.9 Å². The number of carbonyl (C=O) groups excluding carboxylic acids is 2. The molecular weight excluding hydrogens is 374 g/mol. The Morgan fingerprint density at radius 1 is 1.25 bits per heavy atom. The van der Waals surface area contributed by atoms with Crippen molar-refractivity contribution in [3.05, 3.63) is 52.0 Å². The van der Waals surface area contributed by atoms with E-state index in [1.54, 1.807) is 13.0 Å². The average Bonchev–Trinajstić information content (AvgIpc) is 2.55. The number of hydrogen-bond acceptors (Lipinski definition) is 4. The molecule has 2 rings (SSSR count). The van der Waals surface area contributed by atoms with Crippen LogP contribution < -0.4 is 14.8 Å². The fourth-order valence-electron chi connectivity index (χ4n) is 2.10. The van der Waals surface area contributed by atoms with Crippen LogP contribution in [0.5, 0.6) is 11.5 Å². The Balaban J connectivity index is 2.15. The van der Waals surface area contributed by atoms with E-state index in [4.69, 9.17) is 9.47 Å². The topological polar surface area (TPSA) is 64.6 Å². The van der Waals surface area contributed by atoms with Gasteiger partial charge in [0, 0.05) is 15.7 Å². The van der Waals surface area contributed by atoms with Gasteiger partial charge in [-0.3, -0.25) is 9.59 Å². The fraction of sp³-hybridized carbons (Fsp3) is 0.222. The Morgan fingerprint density at radius 3 is 2.62 bits per heavy atom. The number of nitrogens with one attached hydrogen (secondary N) is 1. The number of anilines is 1. The van der Waals surface area contributed by atoms with Gasteiger partial charge >= 0.3 is 0 Å². The molecule has 1 N–H and O–H groups in total. The second kappa shape index (κ2) is 7.97. The van der Waals surface area contributed by atoms with E-state index in [9.17, 15) is 9.59 Å². The van der Waals surface area contributed by atoms with E-state index < -0.39 is 6.10 Å². The summed E-state index contributed by atoms with van der Waals surface area (Å²) in [6.45, 7) is 3.58. The second-order valence-corrected chi connectivity index (χ2v) is 6.12. The monoisotopic (exact) mass is 391 g/mol. The quantitative estimate of drug-likeness (QED) is 0.756. The molecule has 0 aliphatic rings. The molecule has 0 saturated heterocycles. The maximum atomic E-state index is 12.3. The van der Waals surface area contributed by atoms with Crippen LogP contribution in [-0.4, -0.2) is 25.4 Å². The van der Waals surface area contributed by atoms with Crippen LogP contribution >= 0.6 is 15.9 Å². The summed E-state index contributed by atoms with van der Waals surface area (Å²) in [5.41, 5.74) is 2.16. The molecule has 0 unspecified atom stereocenters. The van der Waals surface area contributed by atoms with Gasteiger partial charge in [-0.05, 0) is 59.6 Å². The van der Waals surface area contributed by atoms with Crippen molar-refractivity contribution in [1.82, 2.24) is 0 Å². The fourth-order valence-corrected chi connectivity index (χ4v) is 2.52. The molecular formula is C18H18BrNO4. The van der Waals surface area contributed by atoms with Crippen LogP contribution in [0.1, 0.15) is 22.8 Å². The minimum atomic E-state index is -0.764. The molecule has 24 heavy (non-hydrogen) atoms. The molecule has 1 atom stereocenters. The Hall–Kier alpha value is -2.34. The summed E-state index contributed by atoms with van der Waals surface area (Å²) in [4.78, 5) is 23.4. The van der Waals surface area contributed by atoms with Crippen molar-refractivity contribution in [2.45, 2.75) is 20.0 Å². The van der Waals surface area contributed by atoms with Crippen LogP contribution in [-0.2, 0) is 4.79 Å². The van der Waals surface area contributed by atoms with E-state index in [2.05, 4.69) is 21.2 Å². The lowest BCUT2D eigenvalue weighted by atomic mass is 10.2. The van der Waals surface area contributed by atoms with E-state index >= 15 is 0 Å². The number of aldehydes is 1. The number of aryl methyl sites for hydroxylation is 1. The SMILES string of the molecule is COc1cc(Br)c(C=O)cc1O[C@H](C)C(=O)Nc1cccc(C)c1. The zero-order valence-corrected chi connectivity index (χ0v) is 15.2. The molecule has 2 aromatic carbocycles. The zero-order chi connectivity index (χ0) is 17.7. The maximum Gasteiger partial charge on any atom is 0.265 e. The lowest BCUT2D eigenvalue weighted by Gasteiger charge is -2.17. The highest BCUT2D eigenvalue weighted by molar-refractivity contribution is 9.10. The summed E-state index contributed by atoms with van der Waals surface area (Å²) >= 11 is 3.28. The third-order valence-electron chi connectivity index (χ3n) is 3.37. The molecule has 1 amide bonds. The van der Waals surface area contributed by atoms with Gasteiger partial charge in [-0.1, -0.05) is 12.1 Å². The molecule has 0 aliphatic carbocycles. The van der Waals surface area contributed by atoms with Crippen LogP contribution in [0.3, 0.4) is 0 Å².